The zero-order valence-corrected chi connectivity index (χ0v) is 18.8. The van der Waals surface area contributed by atoms with Crippen LogP contribution >= 0.6 is 0 Å². The van der Waals surface area contributed by atoms with Gasteiger partial charge in [0.1, 0.15) is 6.61 Å². The summed E-state index contributed by atoms with van der Waals surface area (Å²) >= 11 is 0. The van der Waals surface area contributed by atoms with Crippen LogP contribution in [0.4, 0.5) is 4.79 Å². The zero-order chi connectivity index (χ0) is 22.7. The van der Waals surface area contributed by atoms with Crippen LogP contribution in [-0.2, 0) is 27.9 Å². The zero-order valence-electron chi connectivity index (χ0n) is 18.0. The molecule has 32 heavy (non-hydrogen) atoms. The fourth-order valence-corrected chi connectivity index (χ4v) is 5.92. The maximum absolute atomic E-state index is 13.5. The summed E-state index contributed by atoms with van der Waals surface area (Å²) in [7, 11) is -3.77. The van der Waals surface area contributed by atoms with Crippen molar-refractivity contribution >= 4 is 21.7 Å². The summed E-state index contributed by atoms with van der Waals surface area (Å²) in [6, 6.07) is 14.6. The molecule has 0 spiro atoms. The van der Waals surface area contributed by atoms with Crippen LogP contribution in [0.15, 0.2) is 59.6 Å². The minimum atomic E-state index is -3.77. The topological polar surface area (TPSA) is 90.4 Å². The van der Waals surface area contributed by atoms with Crippen LogP contribution in [0.2, 0.25) is 0 Å². The maximum Gasteiger partial charge on any atom is 0.410 e. The highest BCUT2D eigenvalue weighted by molar-refractivity contribution is 7.89. The van der Waals surface area contributed by atoms with Gasteiger partial charge in [0, 0.05) is 37.9 Å². The third-order valence-electron chi connectivity index (χ3n) is 5.72. The van der Waals surface area contributed by atoms with Crippen LogP contribution in [0.3, 0.4) is 0 Å². The number of nitrogens with zero attached hydrogens (tertiary/aromatic N) is 3. The van der Waals surface area contributed by atoms with Gasteiger partial charge in [-0.05, 0) is 36.1 Å². The number of amides is 1. The molecule has 2 aromatic rings. The van der Waals surface area contributed by atoms with E-state index in [9.17, 15) is 18.4 Å². The van der Waals surface area contributed by atoms with Gasteiger partial charge < -0.3 is 9.64 Å². The third-order valence-corrected chi connectivity index (χ3v) is 7.66. The summed E-state index contributed by atoms with van der Waals surface area (Å²) in [6.45, 7) is 3.42. The van der Waals surface area contributed by atoms with Crippen LogP contribution < -0.4 is 0 Å². The SMILES string of the molecule is CC1=CN(O)Cc2cccc(S(=O)(=O)N3CCCN(C(=O)OCc4ccccc4)CC3)c21. The number of carbonyl (C=O) groups is 1. The molecule has 1 fully saturated rings. The van der Waals surface area contributed by atoms with Crippen molar-refractivity contribution in [3.63, 3.8) is 0 Å². The van der Waals surface area contributed by atoms with Gasteiger partial charge in [0.2, 0.25) is 10.0 Å². The molecule has 0 aromatic heterocycles. The molecule has 0 atom stereocenters. The van der Waals surface area contributed by atoms with Gasteiger partial charge >= 0.3 is 6.09 Å². The molecule has 9 heteroatoms. The van der Waals surface area contributed by atoms with Crippen molar-refractivity contribution in [1.29, 1.82) is 0 Å². The van der Waals surface area contributed by atoms with Gasteiger partial charge in [-0.15, -0.1) is 0 Å². The van der Waals surface area contributed by atoms with Gasteiger partial charge in [0.15, 0.2) is 0 Å². The van der Waals surface area contributed by atoms with E-state index in [0.717, 1.165) is 16.2 Å². The molecule has 1 N–H and O–H groups in total. The highest BCUT2D eigenvalue weighted by Crippen LogP contribution is 2.33. The Labute approximate surface area is 188 Å². The van der Waals surface area contributed by atoms with E-state index >= 15 is 0 Å². The average molecular weight is 458 g/mol. The van der Waals surface area contributed by atoms with Crippen LogP contribution in [-0.4, -0.2) is 60.2 Å². The molecule has 1 amide bonds. The molecule has 4 rings (SSSR count). The second kappa shape index (κ2) is 9.32. The number of hydrogen-bond donors (Lipinski definition) is 1. The second-order valence-electron chi connectivity index (χ2n) is 7.98. The number of ether oxygens (including phenoxy) is 1. The van der Waals surface area contributed by atoms with E-state index in [1.165, 1.54) is 10.5 Å². The first kappa shape index (κ1) is 22.3. The Morgan fingerprint density at radius 2 is 1.81 bits per heavy atom. The number of sulfonamides is 1. The quantitative estimate of drug-likeness (QED) is 0.758. The van der Waals surface area contributed by atoms with Gasteiger partial charge in [0.25, 0.3) is 0 Å². The lowest BCUT2D eigenvalue weighted by atomic mass is 9.99. The number of hydroxylamine groups is 2. The molecular weight excluding hydrogens is 430 g/mol. The van der Waals surface area contributed by atoms with Crippen molar-refractivity contribution in [1.82, 2.24) is 14.3 Å². The molecule has 2 heterocycles. The number of rotatable bonds is 4. The molecule has 2 aliphatic rings. The molecule has 2 aromatic carbocycles. The molecule has 2 aliphatic heterocycles. The lowest BCUT2D eigenvalue weighted by molar-refractivity contribution is -0.0501. The predicted octanol–water partition coefficient (Wildman–Crippen LogP) is 3.29. The highest BCUT2D eigenvalue weighted by Gasteiger charge is 2.32. The molecule has 0 radical (unpaired) electrons. The van der Waals surface area contributed by atoms with Gasteiger partial charge in [-0.25, -0.2) is 13.2 Å². The van der Waals surface area contributed by atoms with Crippen molar-refractivity contribution < 1.29 is 23.2 Å². The molecular formula is C23H27N3O5S. The summed E-state index contributed by atoms with van der Waals surface area (Å²) in [4.78, 5) is 14.3. The average Bonchev–Trinajstić information content (AvgIpc) is 3.04. The summed E-state index contributed by atoms with van der Waals surface area (Å²) in [5, 5.41) is 10.9. The van der Waals surface area contributed by atoms with Crippen molar-refractivity contribution in [2.75, 3.05) is 26.2 Å². The van der Waals surface area contributed by atoms with E-state index in [1.807, 2.05) is 36.4 Å². The monoisotopic (exact) mass is 457 g/mol. The van der Waals surface area contributed by atoms with Crippen molar-refractivity contribution in [3.8, 4) is 0 Å². The Hall–Kier alpha value is -2.88. The third kappa shape index (κ3) is 4.64. The first-order valence-electron chi connectivity index (χ1n) is 10.6. The van der Waals surface area contributed by atoms with Crippen molar-refractivity contribution in [2.45, 2.75) is 31.4 Å². The normalized spacial score (nSPS) is 17.4. The number of carbonyl (C=O) groups excluding carboxylic acids is 1. The fourth-order valence-electron chi connectivity index (χ4n) is 4.15. The van der Waals surface area contributed by atoms with E-state index in [1.54, 1.807) is 24.0 Å². The summed E-state index contributed by atoms with van der Waals surface area (Å²) in [6.07, 6.45) is 1.62. The molecule has 0 bridgehead atoms. The number of benzene rings is 2. The number of fused-ring (bicyclic) bond motifs is 1. The van der Waals surface area contributed by atoms with Crippen molar-refractivity contribution in [2.24, 2.45) is 0 Å². The van der Waals surface area contributed by atoms with Crippen LogP contribution in [0.1, 0.15) is 30.0 Å². The Balaban J connectivity index is 1.46. The van der Waals surface area contributed by atoms with Gasteiger partial charge in [-0.3, -0.25) is 10.3 Å². The minimum Gasteiger partial charge on any atom is -0.445 e. The lowest BCUT2D eigenvalue weighted by Gasteiger charge is -2.27. The molecule has 0 saturated carbocycles. The van der Waals surface area contributed by atoms with Crippen LogP contribution in [0.5, 0.6) is 0 Å². The summed E-state index contributed by atoms with van der Waals surface area (Å²) < 4.78 is 33.9. The molecule has 170 valence electrons. The van der Waals surface area contributed by atoms with Gasteiger partial charge in [-0.1, -0.05) is 42.5 Å². The van der Waals surface area contributed by atoms with E-state index in [0.29, 0.717) is 30.6 Å². The van der Waals surface area contributed by atoms with E-state index in [4.69, 9.17) is 4.74 Å². The Morgan fingerprint density at radius 1 is 1.03 bits per heavy atom. The lowest BCUT2D eigenvalue weighted by Crippen LogP contribution is -2.38. The second-order valence-corrected chi connectivity index (χ2v) is 9.89. The highest BCUT2D eigenvalue weighted by atomic mass is 32.2. The van der Waals surface area contributed by atoms with E-state index < -0.39 is 16.1 Å². The first-order chi connectivity index (χ1) is 15.4. The van der Waals surface area contributed by atoms with Crippen LogP contribution in [0, 0.1) is 0 Å². The minimum absolute atomic E-state index is 0.182. The summed E-state index contributed by atoms with van der Waals surface area (Å²) in [5.74, 6) is 0. The van der Waals surface area contributed by atoms with Gasteiger partial charge in [0.05, 0.1) is 11.4 Å². The molecule has 0 unspecified atom stereocenters. The smallest absolute Gasteiger partial charge is 0.410 e. The maximum atomic E-state index is 13.5. The largest absolute Gasteiger partial charge is 0.445 e. The Bertz CT molecular complexity index is 1120. The van der Waals surface area contributed by atoms with E-state index in [-0.39, 0.29) is 31.1 Å². The van der Waals surface area contributed by atoms with E-state index in [2.05, 4.69) is 0 Å². The van der Waals surface area contributed by atoms with Gasteiger partial charge in [-0.2, -0.15) is 4.31 Å². The molecule has 8 nitrogen and oxygen atoms in total. The Morgan fingerprint density at radius 3 is 2.59 bits per heavy atom. The number of hydrogen-bond acceptors (Lipinski definition) is 6. The predicted molar refractivity (Wildman–Crippen MR) is 119 cm³/mol. The van der Waals surface area contributed by atoms with Crippen LogP contribution in [0.25, 0.3) is 5.57 Å². The Kier molecular flexibility index (Phi) is 6.50. The summed E-state index contributed by atoms with van der Waals surface area (Å²) in [5.41, 5.74) is 2.99. The number of allylic oxidation sites excluding steroid dienone is 1. The molecule has 0 aliphatic carbocycles. The first-order valence-corrected chi connectivity index (χ1v) is 12.0. The molecule has 1 saturated heterocycles. The standard InChI is InChI=1S/C23H27N3O5S/c1-18-15-25(28)16-20-9-5-10-21(22(18)20)32(29,30)26-12-6-11-24(13-14-26)23(27)31-17-19-7-3-2-4-8-19/h2-5,7-10,15,28H,6,11-14,16-17H2,1H3. The fraction of sp³-hybridized carbons (Fsp3) is 0.348. The van der Waals surface area contributed by atoms with Crippen molar-refractivity contribution in [3.05, 3.63) is 71.4 Å².